The van der Waals surface area contributed by atoms with E-state index in [0.29, 0.717) is 19.7 Å². The minimum Gasteiger partial charge on any atom is -0.444 e. The van der Waals surface area contributed by atoms with Gasteiger partial charge in [0.05, 0.1) is 19.3 Å². The smallest absolute Gasteiger partial charge is 0.410 e. The molecule has 0 bridgehead atoms. The van der Waals surface area contributed by atoms with Crippen LogP contribution in [0.15, 0.2) is 17.4 Å². The van der Waals surface area contributed by atoms with E-state index in [1.54, 1.807) is 9.58 Å². The van der Waals surface area contributed by atoms with Gasteiger partial charge in [0.1, 0.15) is 11.7 Å². The van der Waals surface area contributed by atoms with Crippen LogP contribution in [0.25, 0.3) is 0 Å². The minimum atomic E-state index is -0.455. The molecule has 0 aliphatic carbocycles. The van der Waals surface area contributed by atoms with Gasteiger partial charge in [0.2, 0.25) is 0 Å². The van der Waals surface area contributed by atoms with Crippen molar-refractivity contribution >= 4 is 12.1 Å². The third kappa shape index (κ3) is 6.83. The van der Waals surface area contributed by atoms with Gasteiger partial charge >= 0.3 is 6.09 Å². The van der Waals surface area contributed by atoms with Gasteiger partial charge in [0.25, 0.3) is 0 Å². The highest BCUT2D eigenvalue weighted by Gasteiger charge is 2.27. The molecule has 2 aliphatic rings. The monoisotopic (exact) mass is 435 g/mol. The molecule has 1 aromatic heterocycles. The maximum Gasteiger partial charge on any atom is 0.410 e. The second-order valence-electron chi connectivity index (χ2n) is 9.04. The molecule has 1 unspecified atom stereocenters. The predicted octanol–water partition coefficient (Wildman–Crippen LogP) is 0.922. The average molecular weight is 436 g/mol. The van der Waals surface area contributed by atoms with E-state index in [2.05, 4.69) is 25.2 Å². The first-order valence-electron chi connectivity index (χ1n) is 11.0. The van der Waals surface area contributed by atoms with Gasteiger partial charge in [-0.05, 0) is 20.8 Å². The minimum absolute atomic E-state index is 0.00179. The number of ether oxygens (including phenoxy) is 2. The van der Waals surface area contributed by atoms with Crippen molar-refractivity contribution < 1.29 is 14.3 Å². The zero-order chi connectivity index (χ0) is 22.4. The van der Waals surface area contributed by atoms with Crippen molar-refractivity contribution in [3.8, 4) is 0 Å². The summed E-state index contributed by atoms with van der Waals surface area (Å²) < 4.78 is 13.2. The second kappa shape index (κ2) is 10.3. The van der Waals surface area contributed by atoms with Crippen molar-refractivity contribution in [1.82, 2.24) is 29.8 Å². The Morgan fingerprint density at radius 3 is 2.61 bits per heavy atom. The van der Waals surface area contributed by atoms with Gasteiger partial charge in [-0.1, -0.05) is 0 Å². The van der Waals surface area contributed by atoms with Crippen LogP contribution >= 0.6 is 0 Å². The van der Waals surface area contributed by atoms with Crippen molar-refractivity contribution in [3.63, 3.8) is 0 Å². The molecule has 1 N–H and O–H groups in total. The molecule has 10 nitrogen and oxygen atoms in total. The maximum absolute atomic E-state index is 12.2. The lowest BCUT2D eigenvalue weighted by atomic mass is 10.1. The fourth-order valence-electron chi connectivity index (χ4n) is 3.79. The number of guanidine groups is 1. The zero-order valence-electron chi connectivity index (χ0n) is 19.5. The summed E-state index contributed by atoms with van der Waals surface area (Å²) in [5.74, 6) is 0.893. The Bertz CT molecular complexity index is 750. The molecule has 0 radical (unpaired) electrons. The Morgan fingerprint density at radius 2 is 2.00 bits per heavy atom. The standard InChI is InChI=1S/C21H37N7O3/c1-21(2,3)31-20(29)27-10-8-26(9-11-27)7-6-23-19(22-4)28-12-13-30-18(16-28)17-14-24-25(5)15-17/h14-15,18H,6-13,16H2,1-5H3,(H,22,23). The number of amides is 1. The normalized spacial score (nSPS) is 21.3. The van der Waals surface area contributed by atoms with Crippen molar-refractivity contribution in [2.45, 2.75) is 32.5 Å². The number of carbonyl (C=O) groups excluding carboxylic acids is 1. The Morgan fingerprint density at radius 1 is 1.26 bits per heavy atom. The molecular weight excluding hydrogens is 398 g/mol. The quantitative estimate of drug-likeness (QED) is 0.556. The van der Waals surface area contributed by atoms with Crippen molar-refractivity contribution in [3.05, 3.63) is 18.0 Å². The molecule has 0 saturated carbocycles. The highest BCUT2D eigenvalue weighted by atomic mass is 16.6. The van der Waals surface area contributed by atoms with E-state index in [1.165, 1.54) is 0 Å². The molecule has 2 saturated heterocycles. The lowest BCUT2D eigenvalue weighted by Gasteiger charge is -2.36. The van der Waals surface area contributed by atoms with Gasteiger partial charge in [0.15, 0.2) is 5.96 Å². The van der Waals surface area contributed by atoms with Crippen LogP contribution < -0.4 is 5.32 Å². The van der Waals surface area contributed by atoms with Crippen LogP contribution in [-0.2, 0) is 16.5 Å². The van der Waals surface area contributed by atoms with Crippen LogP contribution in [0.3, 0.4) is 0 Å². The first kappa shape index (κ1) is 23.3. The summed E-state index contributed by atoms with van der Waals surface area (Å²) >= 11 is 0. The number of aliphatic imine (C=N–C) groups is 1. The van der Waals surface area contributed by atoms with Crippen LogP contribution in [0.5, 0.6) is 0 Å². The second-order valence-corrected chi connectivity index (χ2v) is 9.04. The summed E-state index contributed by atoms with van der Waals surface area (Å²) in [4.78, 5) is 23.1. The van der Waals surface area contributed by atoms with Crippen molar-refractivity contribution in [2.24, 2.45) is 12.0 Å². The number of piperazine rings is 1. The lowest BCUT2D eigenvalue weighted by Crippen LogP contribution is -2.52. The van der Waals surface area contributed by atoms with Crippen molar-refractivity contribution in [2.75, 3.05) is 66.0 Å². The van der Waals surface area contributed by atoms with Crippen LogP contribution in [0.4, 0.5) is 4.79 Å². The number of carbonyl (C=O) groups is 1. The SMILES string of the molecule is CN=C(NCCN1CCN(C(=O)OC(C)(C)C)CC1)N1CCOC(c2cnn(C)c2)C1. The number of hydrogen-bond donors (Lipinski definition) is 1. The lowest BCUT2D eigenvalue weighted by molar-refractivity contribution is -0.00811. The number of nitrogens with zero attached hydrogens (tertiary/aromatic N) is 6. The molecule has 3 rings (SSSR count). The number of aromatic nitrogens is 2. The third-order valence-electron chi connectivity index (χ3n) is 5.41. The molecular formula is C21H37N7O3. The van der Waals surface area contributed by atoms with Gasteiger partial charge in [-0.15, -0.1) is 0 Å². The molecule has 31 heavy (non-hydrogen) atoms. The van der Waals surface area contributed by atoms with Gasteiger partial charge in [-0.3, -0.25) is 14.6 Å². The first-order valence-corrected chi connectivity index (χ1v) is 11.0. The van der Waals surface area contributed by atoms with Gasteiger partial charge in [-0.25, -0.2) is 4.79 Å². The summed E-state index contributed by atoms with van der Waals surface area (Å²) in [5, 5.41) is 7.73. The average Bonchev–Trinajstić information content (AvgIpc) is 3.17. The molecule has 174 valence electrons. The summed E-state index contributed by atoms with van der Waals surface area (Å²) in [6.45, 7) is 12.7. The molecule has 2 aliphatic heterocycles. The summed E-state index contributed by atoms with van der Waals surface area (Å²) in [5.41, 5.74) is 0.634. The Kier molecular flexibility index (Phi) is 7.77. The molecule has 10 heteroatoms. The van der Waals surface area contributed by atoms with Gasteiger partial charge in [0, 0.05) is 71.7 Å². The van der Waals surface area contributed by atoms with E-state index in [0.717, 1.165) is 50.8 Å². The number of rotatable bonds is 4. The van der Waals surface area contributed by atoms with E-state index in [-0.39, 0.29) is 12.2 Å². The fourth-order valence-corrected chi connectivity index (χ4v) is 3.79. The molecule has 2 fully saturated rings. The molecule has 0 spiro atoms. The van der Waals surface area contributed by atoms with Crippen LogP contribution in [-0.4, -0.2) is 108 Å². The van der Waals surface area contributed by atoms with E-state index in [9.17, 15) is 4.79 Å². The molecule has 1 amide bonds. The topological polar surface area (TPSA) is 87.5 Å². The summed E-state index contributed by atoms with van der Waals surface area (Å²) in [6, 6.07) is 0. The van der Waals surface area contributed by atoms with Gasteiger partial charge < -0.3 is 24.6 Å². The summed E-state index contributed by atoms with van der Waals surface area (Å²) in [6.07, 6.45) is 3.64. The zero-order valence-corrected chi connectivity index (χ0v) is 19.5. The van der Waals surface area contributed by atoms with Crippen LogP contribution in [0, 0.1) is 0 Å². The van der Waals surface area contributed by atoms with Crippen LogP contribution in [0.2, 0.25) is 0 Å². The predicted molar refractivity (Wildman–Crippen MR) is 119 cm³/mol. The Hall–Kier alpha value is -2.33. The molecule has 1 atom stereocenters. The third-order valence-corrected chi connectivity index (χ3v) is 5.41. The fraction of sp³-hybridized carbons (Fsp3) is 0.762. The largest absolute Gasteiger partial charge is 0.444 e. The first-order chi connectivity index (χ1) is 14.7. The highest BCUT2D eigenvalue weighted by molar-refractivity contribution is 5.80. The van der Waals surface area contributed by atoms with E-state index in [4.69, 9.17) is 9.47 Å². The van der Waals surface area contributed by atoms with E-state index >= 15 is 0 Å². The summed E-state index contributed by atoms with van der Waals surface area (Å²) in [7, 11) is 3.73. The molecule has 0 aromatic carbocycles. The number of nitrogens with one attached hydrogen (secondary N) is 1. The van der Waals surface area contributed by atoms with Crippen molar-refractivity contribution in [1.29, 1.82) is 0 Å². The van der Waals surface area contributed by atoms with Crippen LogP contribution in [0.1, 0.15) is 32.4 Å². The highest BCUT2D eigenvalue weighted by Crippen LogP contribution is 2.21. The molecule has 3 heterocycles. The van der Waals surface area contributed by atoms with Gasteiger partial charge in [-0.2, -0.15) is 5.10 Å². The Labute approximate surface area is 185 Å². The van der Waals surface area contributed by atoms with E-state index in [1.807, 2.05) is 47.3 Å². The molecule has 1 aromatic rings. The van der Waals surface area contributed by atoms with E-state index < -0.39 is 5.60 Å². The number of hydrogen-bond acceptors (Lipinski definition) is 6. The maximum atomic E-state index is 12.2. The Balaban J connectivity index is 1.40. The number of morpholine rings is 1. The number of aryl methyl sites for hydroxylation is 1.